The maximum absolute atomic E-state index is 4.56. The summed E-state index contributed by atoms with van der Waals surface area (Å²) in [6.45, 7) is 2.09. The second-order valence-electron chi connectivity index (χ2n) is 4.16. The number of anilines is 1. The zero-order chi connectivity index (χ0) is 13.2. The van der Waals surface area contributed by atoms with Gasteiger partial charge < -0.3 is 5.32 Å². The molecule has 0 unspecified atom stereocenters. The number of fused-ring (bicyclic) bond motifs is 1. The molecule has 3 aromatic rings. The van der Waals surface area contributed by atoms with Crippen molar-refractivity contribution < 1.29 is 0 Å². The minimum absolute atomic E-state index is 0.671. The molecule has 0 aliphatic carbocycles. The van der Waals surface area contributed by atoms with E-state index < -0.39 is 0 Å². The van der Waals surface area contributed by atoms with Gasteiger partial charge >= 0.3 is 0 Å². The summed E-state index contributed by atoms with van der Waals surface area (Å²) < 4.78 is 0. The van der Waals surface area contributed by atoms with E-state index in [0.29, 0.717) is 5.95 Å². The van der Waals surface area contributed by atoms with Gasteiger partial charge in [-0.05, 0) is 30.5 Å². The number of benzene rings is 1. The molecular formula is C14H13N3S2. The molecule has 0 atom stereocenters. The number of hydrogen-bond acceptors (Lipinski definition) is 5. The summed E-state index contributed by atoms with van der Waals surface area (Å²) in [5, 5.41) is 7.19. The van der Waals surface area contributed by atoms with Crippen molar-refractivity contribution in [3.05, 3.63) is 41.3 Å². The van der Waals surface area contributed by atoms with Gasteiger partial charge in [-0.2, -0.15) is 0 Å². The molecule has 0 fully saturated rings. The molecule has 0 radical (unpaired) electrons. The molecule has 1 N–H and O–H groups in total. The second-order valence-corrected chi connectivity index (χ2v) is 6.11. The van der Waals surface area contributed by atoms with Gasteiger partial charge in [-0.25, -0.2) is 9.97 Å². The van der Waals surface area contributed by atoms with Gasteiger partial charge in [0.15, 0.2) is 0 Å². The second kappa shape index (κ2) is 5.19. The zero-order valence-electron chi connectivity index (χ0n) is 10.7. The van der Waals surface area contributed by atoms with Crippen LogP contribution in [0.5, 0.6) is 0 Å². The average Bonchev–Trinajstić information content (AvgIpc) is 2.89. The largest absolute Gasteiger partial charge is 0.357 e. The van der Waals surface area contributed by atoms with Crippen molar-refractivity contribution in [2.75, 3.05) is 12.4 Å². The van der Waals surface area contributed by atoms with Gasteiger partial charge in [0, 0.05) is 17.3 Å². The van der Waals surface area contributed by atoms with E-state index in [2.05, 4.69) is 57.9 Å². The predicted octanol–water partition coefficient (Wildman–Crippen LogP) is 4.19. The Labute approximate surface area is 120 Å². The van der Waals surface area contributed by atoms with Gasteiger partial charge in [0.2, 0.25) is 5.95 Å². The van der Waals surface area contributed by atoms with Crippen molar-refractivity contribution in [1.29, 1.82) is 0 Å². The minimum atomic E-state index is 0.671. The van der Waals surface area contributed by atoms with Crippen LogP contribution in [0.1, 0.15) is 5.56 Å². The first-order valence-electron chi connectivity index (χ1n) is 5.94. The molecule has 96 valence electrons. The number of aromatic nitrogens is 2. The summed E-state index contributed by atoms with van der Waals surface area (Å²) in [7, 11) is 1.84. The molecule has 3 nitrogen and oxygen atoms in total. The molecule has 2 aromatic heterocycles. The number of hydrogen-bond donors (Lipinski definition) is 1. The third-order valence-electron chi connectivity index (χ3n) is 2.75. The monoisotopic (exact) mass is 287 g/mol. The van der Waals surface area contributed by atoms with Crippen LogP contribution in [-0.2, 0) is 0 Å². The summed E-state index contributed by atoms with van der Waals surface area (Å²) in [6.07, 6.45) is 0. The Kier molecular flexibility index (Phi) is 3.40. The van der Waals surface area contributed by atoms with Crippen molar-refractivity contribution in [3.8, 4) is 0 Å². The first-order valence-corrected chi connectivity index (χ1v) is 7.63. The highest BCUT2D eigenvalue weighted by molar-refractivity contribution is 7.99. The lowest BCUT2D eigenvalue weighted by Gasteiger charge is -2.05. The van der Waals surface area contributed by atoms with Crippen LogP contribution in [0.25, 0.3) is 10.2 Å². The van der Waals surface area contributed by atoms with Crippen molar-refractivity contribution >= 4 is 39.3 Å². The van der Waals surface area contributed by atoms with Crippen molar-refractivity contribution in [2.24, 2.45) is 0 Å². The zero-order valence-corrected chi connectivity index (χ0v) is 12.3. The highest BCUT2D eigenvalue weighted by Gasteiger charge is 2.09. The van der Waals surface area contributed by atoms with Crippen molar-refractivity contribution in [2.45, 2.75) is 16.8 Å². The molecule has 0 bridgehead atoms. The van der Waals surface area contributed by atoms with E-state index in [1.54, 1.807) is 23.1 Å². The molecule has 0 saturated carbocycles. The first kappa shape index (κ1) is 12.4. The highest BCUT2D eigenvalue weighted by atomic mass is 32.2. The van der Waals surface area contributed by atoms with E-state index in [0.717, 1.165) is 15.2 Å². The number of nitrogens with one attached hydrogen (secondary N) is 1. The van der Waals surface area contributed by atoms with Gasteiger partial charge in [0.05, 0.1) is 0 Å². The standard InChI is InChI=1S/C14H13N3S2/c1-9-3-5-10(6-4-9)19-13-11-7-8-18-12(11)16-14(15-2)17-13/h3-8H,1-2H3,(H,15,16,17). The Hall–Kier alpha value is -1.59. The van der Waals surface area contributed by atoms with Gasteiger partial charge in [-0.15, -0.1) is 11.3 Å². The summed E-state index contributed by atoms with van der Waals surface area (Å²) in [6, 6.07) is 10.6. The maximum Gasteiger partial charge on any atom is 0.224 e. The lowest BCUT2D eigenvalue weighted by molar-refractivity contribution is 1.10. The van der Waals surface area contributed by atoms with Gasteiger partial charge in [0.1, 0.15) is 9.86 Å². The number of thiophene rings is 1. The quantitative estimate of drug-likeness (QED) is 0.733. The molecule has 0 aliphatic heterocycles. The molecule has 19 heavy (non-hydrogen) atoms. The normalized spacial score (nSPS) is 10.8. The number of aryl methyl sites for hydroxylation is 1. The van der Waals surface area contributed by atoms with Crippen LogP contribution in [0, 0.1) is 6.92 Å². The van der Waals surface area contributed by atoms with Gasteiger partial charge in [-0.1, -0.05) is 29.5 Å². The Morgan fingerprint density at radius 2 is 1.89 bits per heavy atom. The number of rotatable bonds is 3. The molecule has 3 rings (SSSR count). The molecule has 0 spiro atoms. The maximum atomic E-state index is 4.56. The van der Waals surface area contributed by atoms with Crippen LogP contribution in [0.3, 0.4) is 0 Å². The topological polar surface area (TPSA) is 37.8 Å². The van der Waals surface area contributed by atoms with Crippen LogP contribution >= 0.6 is 23.1 Å². The Morgan fingerprint density at radius 1 is 1.11 bits per heavy atom. The Bertz CT molecular complexity index is 704. The molecule has 2 heterocycles. The summed E-state index contributed by atoms with van der Waals surface area (Å²) in [4.78, 5) is 11.2. The summed E-state index contributed by atoms with van der Waals surface area (Å²) in [5.74, 6) is 0.671. The third kappa shape index (κ3) is 2.57. The first-order chi connectivity index (χ1) is 9.26. The highest BCUT2D eigenvalue weighted by Crippen LogP contribution is 2.34. The van der Waals surface area contributed by atoms with Crippen LogP contribution < -0.4 is 5.32 Å². The molecule has 1 aromatic carbocycles. The summed E-state index contributed by atoms with van der Waals surface area (Å²) >= 11 is 3.32. The van der Waals surface area contributed by atoms with Crippen LogP contribution in [0.15, 0.2) is 45.6 Å². The summed E-state index contributed by atoms with van der Waals surface area (Å²) in [5.41, 5.74) is 1.27. The molecule has 5 heteroatoms. The van der Waals surface area contributed by atoms with E-state index in [4.69, 9.17) is 0 Å². The lowest BCUT2D eigenvalue weighted by atomic mass is 10.2. The third-order valence-corrected chi connectivity index (χ3v) is 4.57. The number of nitrogens with zero attached hydrogens (tertiary/aromatic N) is 2. The van der Waals surface area contributed by atoms with Crippen LogP contribution in [0.2, 0.25) is 0 Å². The van der Waals surface area contributed by atoms with Crippen molar-refractivity contribution in [3.63, 3.8) is 0 Å². The van der Waals surface area contributed by atoms with E-state index >= 15 is 0 Å². The van der Waals surface area contributed by atoms with E-state index in [9.17, 15) is 0 Å². The van der Waals surface area contributed by atoms with Crippen LogP contribution in [0.4, 0.5) is 5.95 Å². The molecule has 0 aliphatic rings. The molecule has 0 amide bonds. The lowest BCUT2D eigenvalue weighted by Crippen LogP contribution is -1.96. The SMILES string of the molecule is CNc1nc(Sc2ccc(C)cc2)c2ccsc2n1. The Morgan fingerprint density at radius 3 is 2.63 bits per heavy atom. The van der Waals surface area contributed by atoms with E-state index in [-0.39, 0.29) is 0 Å². The van der Waals surface area contributed by atoms with Gasteiger partial charge in [-0.3, -0.25) is 0 Å². The van der Waals surface area contributed by atoms with E-state index in [1.165, 1.54) is 10.5 Å². The molecule has 0 saturated heterocycles. The molecular weight excluding hydrogens is 274 g/mol. The predicted molar refractivity (Wildman–Crippen MR) is 82.3 cm³/mol. The fourth-order valence-corrected chi connectivity index (χ4v) is 3.47. The Balaban J connectivity index is 2.03. The van der Waals surface area contributed by atoms with Gasteiger partial charge in [0.25, 0.3) is 0 Å². The fourth-order valence-electron chi connectivity index (χ4n) is 1.74. The van der Waals surface area contributed by atoms with Crippen LogP contribution in [-0.4, -0.2) is 17.0 Å². The minimum Gasteiger partial charge on any atom is -0.357 e. The smallest absolute Gasteiger partial charge is 0.224 e. The fraction of sp³-hybridized carbons (Fsp3) is 0.143. The van der Waals surface area contributed by atoms with E-state index in [1.807, 2.05) is 7.05 Å². The van der Waals surface area contributed by atoms with Crippen molar-refractivity contribution in [1.82, 2.24) is 9.97 Å². The average molecular weight is 287 g/mol.